The van der Waals surface area contributed by atoms with Crippen LogP contribution >= 0.6 is 23.2 Å². The lowest BCUT2D eigenvalue weighted by atomic mass is 10.5. The average Bonchev–Trinajstić information content (AvgIpc) is 2.30. The summed E-state index contributed by atoms with van der Waals surface area (Å²) in [6.45, 7) is -0.521. The van der Waals surface area contributed by atoms with Gasteiger partial charge in [-0.15, -0.1) is 0 Å². The first-order valence-electron chi connectivity index (χ1n) is 2.79. The molecule has 1 heterocycles. The highest BCUT2D eigenvalue weighted by Gasteiger charge is 2.25. The maximum absolute atomic E-state index is 10.2. The normalized spacial score (nSPS) is 10.2. The predicted octanol–water partition coefficient (Wildman–Crippen LogP) is 1.99. The molecule has 0 spiro atoms. The quantitative estimate of drug-likeness (QED) is 0.600. The fourth-order valence-electron chi connectivity index (χ4n) is 0.642. The van der Waals surface area contributed by atoms with Crippen LogP contribution in [0.15, 0.2) is 4.42 Å². The van der Waals surface area contributed by atoms with Crippen LogP contribution in [0, 0.1) is 10.1 Å². The number of nitrogens with zero attached hydrogens (tertiary/aromatic N) is 1. The molecule has 1 aromatic rings. The molecule has 7 heteroatoms. The van der Waals surface area contributed by atoms with E-state index in [9.17, 15) is 10.1 Å². The molecular weight excluding hydrogens is 209 g/mol. The van der Waals surface area contributed by atoms with Crippen LogP contribution in [0.4, 0.5) is 5.88 Å². The molecule has 5 nitrogen and oxygen atoms in total. The van der Waals surface area contributed by atoms with Gasteiger partial charge in [0.25, 0.3) is 0 Å². The van der Waals surface area contributed by atoms with E-state index in [-0.39, 0.29) is 15.8 Å². The Bertz CT molecular complexity index is 321. The van der Waals surface area contributed by atoms with Crippen molar-refractivity contribution in [3.05, 3.63) is 25.9 Å². The Hall–Kier alpha value is -0.780. The monoisotopic (exact) mass is 211 g/mol. The standard InChI is InChI=1S/C5H3Cl2NO4/c6-3-2(1-9)12-5(4(3)7)8(10)11/h9H,1H2. The molecule has 0 fully saturated rings. The predicted molar refractivity (Wildman–Crippen MR) is 41.3 cm³/mol. The Kier molecular flexibility index (Phi) is 2.56. The minimum absolute atomic E-state index is 0.103. The second-order valence-corrected chi connectivity index (χ2v) is 2.63. The molecule has 0 saturated carbocycles. The molecule has 0 aromatic carbocycles. The fraction of sp³-hybridized carbons (Fsp3) is 0.200. The van der Waals surface area contributed by atoms with Crippen molar-refractivity contribution >= 4 is 29.1 Å². The summed E-state index contributed by atoms with van der Waals surface area (Å²) in [5, 5.41) is 18.4. The summed E-state index contributed by atoms with van der Waals surface area (Å²) in [6.07, 6.45) is 0. The molecule has 66 valence electrons. The molecule has 1 rings (SSSR count). The van der Waals surface area contributed by atoms with Gasteiger partial charge in [0, 0.05) is 0 Å². The highest BCUT2D eigenvalue weighted by Crippen LogP contribution is 2.37. The molecule has 0 bridgehead atoms. The van der Waals surface area contributed by atoms with Gasteiger partial charge in [-0.3, -0.25) is 10.1 Å². The van der Waals surface area contributed by atoms with Crippen LogP contribution in [-0.4, -0.2) is 10.0 Å². The lowest BCUT2D eigenvalue weighted by molar-refractivity contribution is -0.402. The molecule has 1 aromatic heterocycles. The zero-order chi connectivity index (χ0) is 9.30. The minimum atomic E-state index is -0.812. The summed E-state index contributed by atoms with van der Waals surface area (Å²) in [4.78, 5) is 9.38. The van der Waals surface area contributed by atoms with Crippen molar-refractivity contribution in [2.75, 3.05) is 0 Å². The molecule has 0 atom stereocenters. The van der Waals surface area contributed by atoms with E-state index in [2.05, 4.69) is 4.42 Å². The first kappa shape index (κ1) is 9.31. The van der Waals surface area contributed by atoms with Gasteiger partial charge in [0.15, 0.2) is 10.8 Å². The number of aliphatic hydroxyl groups excluding tert-OH is 1. The molecule has 1 N–H and O–H groups in total. The molecule has 0 radical (unpaired) electrons. The highest BCUT2D eigenvalue weighted by atomic mass is 35.5. The van der Waals surface area contributed by atoms with Gasteiger partial charge < -0.3 is 9.52 Å². The van der Waals surface area contributed by atoms with Crippen LogP contribution < -0.4 is 0 Å². The van der Waals surface area contributed by atoms with Crippen LogP contribution in [-0.2, 0) is 6.61 Å². The topological polar surface area (TPSA) is 76.5 Å². The first-order chi connectivity index (χ1) is 5.57. The molecule has 12 heavy (non-hydrogen) atoms. The van der Waals surface area contributed by atoms with Crippen LogP contribution in [0.2, 0.25) is 10.0 Å². The van der Waals surface area contributed by atoms with Gasteiger partial charge in [-0.25, -0.2) is 0 Å². The third-order valence-corrected chi connectivity index (χ3v) is 2.00. The largest absolute Gasteiger partial charge is 0.453 e. The van der Waals surface area contributed by atoms with Crippen LogP contribution in [0.25, 0.3) is 0 Å². The summed E-state index contributed by atoms with van der Waals surface area (Å²) in [5.41, 5.74) is 0. The van der Waals surface area contributed by atoms with E-state index in [0.717, 1.165) is 0 Å². The number of hydrogen-bond donors (Lipinski definition) is 1. The van der Waals surface area contributed by atoms with Gasteiger partial charge in [0.2, 0.25) is 0 Å². The van der Waals surface area contributed by atoms with Crippen LogP contribution in [0.5, 0.6) is 0 Å². The van der Waals surface area contributed by atoms with Gasteiger partial charge >= 0.3 is 5.88 Å². The van der Waals surface area contributed by atoms with E-state index >= 15 is 0 Å². The van der Waals surface area contributed by atoms with Crippen molar-refractivity contribution in [3.8, 4) is 0 Å². The second kappa shape index (κ2) is 3.30. The molecule has 0 aliphatic heterocycles. The zero-order valence-corrected chi connectivity index (χ0v) is 7.09. The number of halogens is 2. The van der Waals surface area contributed by atoms with Crippen molar-refractivity contribution in [3.63, 3.8) is 0 Å². The summed E-state index contributed by atoms with van der Waals surface area (Å²) in [5.74, 6) is -0.751. The van der Waals surface area contributed by atoms with Crippen LogP contribution in [0.3, 0.4) is 0 Å². The third kappa shape index (κ3) is 1.38. The van der Waals surface area contributed by atoms with Gasteiger partial charge in [0.1, 0.15) is 16.6 Å². The molecule has 0 unspecified atom stereocenters. The SMILES string of the molecule is O=[N+]([O-])c1oc(CO)c(Cl)c1Cl. The van der Waals surface area contributed by atoms with Crippen molar-refractivity contribution in [1.82, 2.24) is 0 Å². The Balaban J connectivity index is 3.25. The van der Waals surface area contributed by atoms with Crippen molar-refractivity contribution < 1.29 is 14.4 Å². The number of hydrogen-bond acceptors (Lipinski definition) is 4. The second-order valence-electron chi connectivity index (χ2n) is 1.87. The van der Waals surface area contributed by atoms with Gasteiger partial charge in [0.05, 0.1) is 0 Å². The highest BCUT2D eigenvalue weighted by molar-refractivity contribution is 6.43. The Morgan fingerprint density at radius 2 is 2.08 bits per heavy atom. The van der Waals surface area contributed by atoms with E-state index in [4.69, 9.17) is 28.3 Å². The van der Waals surface area contributed by atoms with Crippen molar-refractivity contribution in [1.29, 1.82) is 0 Å². The third-order valence-electron chi connectivity index (χ3n) is 1.15. The number of aliphatic hydroxyl groups is 1. The van der Waals surface area contributed by atoms with Gasteiger partial charge in [-0.2, -0.15) is 0 Å². The first-order valence-corrected chi connectivity index (χ1v) is 3.55. The Labute approximate surface area is 76.6 Å². The number of rotatable bonds is 2. The molecule has 0 saturated heterocycles. The molecule has 0 aliphatic rings. The Morgan fingerprint density at radius 3 is 2.33 bits per heavy atom. The lowest BCUT2D eigenvalue weighted by Gasteiger charge is -1.84. The summed E-state index contributed by atoms with van der Waals surface area (Å²) < 4.78 is 4.54. The lowest BCUT2D eigenvalue weighted by Crippen LogP contribution is -1.84. The number of nitro groups is 1. The van der Waals surface area contributed by atoms with E-state index in [1.54, 1.807) is 0 Å². The maximum Gasteiger partial charge on any atom is 0.453 e. The Morgan fingerprint density at radius 1 is 1.50 bits per heavy atom. The van der Waals surface area contributed by atoms with E-state index < -0.39 is 17.4 Å². The summed E-state index contributed by atoms with van der Waals surface area (Å²) in [7, 11) is 0. The fourth-order valence-corrected chi connectivity index (χ4v) is 1.03. The molecule has 0 amide bonds. The van der Waals surface area contributed by atoms with E-state index in [1.807, 2.05) is 0 Å². The van der Waals surface area contributed by atoms with Crippen LogP contribution in [0.1, 0.15) is 5.76 Å². The van der Waals surface area contributed by atoms with Gasteiger partial charge in [-0.1, -0.05) is 23.2 Å². The average molecular weight is 212 g/mol. The summed E-state index contributed by atoms with van der Waals surface area (Å²) >= 11 is 10.9. The van der Waals surface area contributed by atoms with Crippen molar-refractivity contribution in [2.24, 2.45) is 0 Å². The molecular formula is C5H3Cl2NO4. The zero-order valence-electron chi connectivity index (χ0n) is 5.58. The smallest absolute Gasteiger partial charge is 0.401 e. The van der Waals surface area contributed by atoms with Crippen molar-refractivity contribution in [2.45, 2.75) is 6.61 Å². The summed E-state index contributed by atoms with van der Waals surface area (Å²) in [6, 6.07) is 0. The van der Waals surface area contributed by atoms with E-state index in [0.29, 0.717) is 0 Å². The maximum atomic E-state index is 10.2. The van der Waals surface area contributed by atoms with Gasteiger partial charge in [-0.05, 0) is 0 Å². The minimum Gasteiger partial charge on any atom is -0.401 e. The molecule has 0 aliphatic carbocycles. The van der Waals surface area contributed by atoms with E-state index in [1.165, 1.54) is 0 Å². The number of furan rings is 1.